The molecule has 16 nitrogen and oxygen atoms in total. The summed E-state index contributed by atoms with van der Waals surface area (Å²) in [6, 6.07) is 25.0. The van der Waals surface area contributed by atoms with Gasteiger partial charge in [-0.1, -0.05) is 54.6 Å². The molecule has 58 heavy (non-hydrogen) atoms. The fraction of sp³-hybridized carbons (Fsp3) is 0.381. The van der Waals surface area contributed by atoms with Gasteiger partial charge < -0.3 is 34.0 Å². The number of hydroxylamine groups is 2. The number of benzene rings is 3. The Hall–Kier alpha value is -5.62. The highest BCUT2D eigenvalue weighted by Crippen LogP contribution is 2.44. The number of aromatic nitrogens is 4. The summed E-state index contributed by atoms with van der Waals surface area (Å²) < 4.78 is 33.3. The van der Waals surface area contributed by atoms with Crippen molar-refractivity contribution < 1.29 is 34.0 Å². The summed E-state index contributed by atoms with van der Waals surface area (Å²) in [5.41, 5.74) is -0.430. The largest absolute Gasteiger partial charge is 0.497 e. The van der Waals surface area contributed by atoms with E-state index in [0.29, 0.717) is 29.9 Å². The molecule has 0 radical (unpaired) electrons. The number of nitrogens with one attached hydrogen (secondary N) is 2. The van der Waals surface area contributed by atoms with E-state index in [1.165, 1.54) is 21.5 Å². The number of H-pyrrole nitrogens is 2. The molecule has 6 atom stereocenters. The molecule has 2 aliphatic heterocycles. The molecule has 3 aromatic carbocycles. The molecule has 3 unspecified atom stereocenters. The highest BCUT2D eigenvalue weighted by atomic mass is 16.6. The summed E-state index contributed by atoms with van der Waals surface area (Å²) in [7, 11) is 3.20. The molecule has 16 heteroatoms. The molecular formula is C42H47N5O11. The number of rotatable bonds is 14. The Morgan fingerprint density at radius 2 is 1.24 bits per heavy atom. The predicted molar refractivity (Wildman–Crippen MR) is 210 cm³/mol. The van der Waals surface area contributed by atoms with Crippen molar-refractivity contribution in [2.45, 2.75) is 69.6 Å². The van der Waals surface area contributed by atoms with Gasteiger partial charge in [-0.2, -0.15) is 5.06 Å². The molecule has 0 spiro atoms. The molecule has 306 valence electrons. The van der Waals surface area contributed by atoms with Crippen molar-refractivity contribution in [1.82, 2.24) is 24.2 Å². The topological polar surface area (TPSA) is 200 Å². The van der Waals surface area contributed by atoms with E-state index in [0.717, 1.165) is 21.8 Å². The molecule has 2 aliphatic rings. The van der Waals surface area contributed by atoms with Crippen molar-refractivity contribution in [3.05, 3.63) is 161 Å². The second-order valence-electron chi connectivity index (χ2n) is 14.6. The van der Waals surface area contributed by atoms with Crippen LogP contribution in [-0.2, 0) is 19.8 Å². The van der Waals surface area contributed by atoms with Gasteiger partial charge in [0.2, 0.25) is 0 Å². The van der Waals surface area contributed by atoms with Gasteiger partial charge in [-0.05, 0) is 73.6 Å². The van der Waals surface area contributed by atoms with Crippen LogP contribution in [0.25, 0.3) is 0 Å². The van der Waals surface area contributed by atoms with E-state index in [4.69, 9.17) is 23.7 Å². The second kappa shape index (κ2) is 17.1. The minimum Gasteiger partial charge on any atom is -0.497 e. The zero-order valence-corrected chi connectivity index (χ0v) is 32.6. The zero-order chi connectivity index (χ0) is 41.1. The summed E-state index contributed by atoms with van der Waals surface area (Å²) in [5.74, 6) is 1.01. The normalized spacial score (nSPS) is 22.1. The molecule has 0 bridgehead atoms. The van der Waals surface area contributed by atoms with Gasteiger partial charge in [0.15, 0.2) is 6.23 Å². The molecule has 5 aromatic rings. The fourth-order valence-corrected chi connectivity index (χ4v) is 7.82. The van der Waals surface area contributed by atoms with Crippen molar-refractivity contribution >= 4 is 0 Å². The zero-order valence-electron chi connectivity index (χ0n) is 32.6. The van der Waals surface area contributed by atoms with Crippen molar-refractivity contribution in [3.63, 3.8) is 0 Å². The van der Waals surface area contributed by atoms with Crippen LogP contribution in [0.15, 0.2) is 110 Å². The van der Waals surface area contributed by atoms with E-state index in [1.54, 1.807) is 28.1 Å². The van der Waals surface area contributed by atoms with Crippen LogP contribution in [0.4, 0.5) is 0 Å². The fourth-order valence-electron chi connectivity index (χ4n) is 7.82. The van der Waals surface area contributed by atoms with Gasteiger partial charge in [0, 0.05) is 36.5 Å². The number of aliphatic hydroxyl groups is 1. The van der Waals surface area contributed by atoms with Gasteiger partial charge >= 0.3 is 11.4 Å². The van der Waals surface area contributed by atoms with Crippen molar-refractivity contribution in [1.29, 1.82) is 0 Å². The monoisotopic (exact) mass is 797 g/mol. The smallest absolute Gasteiger partial charge is 0.330 e. The minimum atomic E-state index is -1.18. The Bertz CT molecular complexity index is 2380. The maximum atomic E-state index is 13.1. The van der Waals surface area contributed by atoms with Gasteiger partial charge in [-0.3, -0.25) is 28.7 Å². The first-order valence-electron chi connectivity index (χ1n) is 19.0. The number of aromatic amines is 2. The van der Waals surface area contributed by atoms with E-state index in [1.807, 2.05) is 78.9 Å². The summed E-state index contributed by atoms with van der Waals surface area (Å²) >= 11 is 0. The average Bonchev–Trinajstić information content (AvgIpc) is 3.83. The Balaban J connectivity index is 1.20. The van der Waals surface area contributed by atoms with Crippen LogP contribution in [-0.4, -0.2) is 80.3 Å². The van der Waals surface area contributed by atoms with E-state index < -0.39 is 59.0 Å². The molecule has 4 heterocycles. The number of aliphatic hydroxyl groups excluding tert-OH is 1. The van der Waals surface area contributed by atoms with Crippen LogP contribution in [0.2, 0.25) is 0 Å². The maximum Gasteiger partial charge on any atom is 0.330 e. The van der Waals surface area contributed by atoms with Crippen LogP contribution < -0.4 is 32.0 Å². The number of aryl methyl sites for hydroxylation is 2. The van der Waals surface area contributed by atoms with Gasteiger partial charge in [0.25, 0.3) is 11.1 Å². The quantitative estimate of drug-likeness (QED) is 0.0946. The lowest BCUT2D eigenvalue weighted by atomic mass is 9.80. The van der Waals surface area contributed by atoms with Crippen LogP contribution >= 0.6 is 0 Å². The van der Waals surface area contributed by atoms with Crippen LogP contribution in [0.3, 0.4) is 0 Å². The van der Waals surface area contributed by atoms with Crippen molar-refractivity contribution in [2.75, 3.05) is 27.4 Å². The van der Waals surface area contributed by atoms with Crippen LogP contribution in [0.1, 0.15) is 59.5 Å². The SMILES string of the molecule is COc1ccc(C(OC[C@H]2O[C@@H](n3cc(C)c(=O)[nH]c3=O)C[C@@H]2CCN(O)C2OC(n3cc(C)c(=O)[nH]c3=O)CC2O)(c2ccccc2)c2ccc(OC)cc2)cc1. The number of hydrogen-bond donors (Lipinski definition) is 4. The van der Waals surface area contributed by atoms with Gasteiger partial charge in [-0.25, -0.2) is 9.59 Å². The number of methoxy groups -OCH3 is 2. The minimum absolute atomic E-state index is 0.00554. The first-order chi connectivity index (χ1) is 27.9. The first kappa shape index (κ1) is 40.6. The molecule has 0 amide bonds. The lowest BCUT2D eigenvalue weighted by molar-refractivity contribution is -0.237. The van der Waals surface area contributed by atoms with Crippen molar-refractivity contribution in [3.8, 4) is 11.5 Å². The Labute approximate surface area is 332 Å². The molecule has 2 aromatic heterocycles. The third-order valence-electron chi connectivity index (χ3n) is 11.0. The highest BCUT2D eigenvalue weighted by Gasteiger charge is 2.44. The number of nitrogens with zero attached hydrogens (tertiary/aromatic N) is 3. The molecule has 0 saturated carbocycles. The Morgan fingerprint density at radius 3 is 1.76 bits per heavy atom. The van der Waals surface area contributed by atoms with E-state index in [9.17, 15) is 29.5 Å². The summed E-state index contributed by atoms with van der Waals surface area (Å²) in [6.07, 6.45) is -1.26. The number of ether oxygens (including phenoxy) is 5. The Morgan fingerprint density at radius 1 is 0.741 bits per heavy atom. The summed E-state index contributed by atoms with van der Waals surface area (Å²) in [6.45, 7) is 3.18. The average molecular weight is 798 g/mol. The van der Waals surface area contributed by atoms with Gasteiger partial charge in [0.05, 0.1) is 26.9 Å². The predicted octanol–water partition coefficient (Wildman–Crippen LogP) is 3.32. The molecule has 2 saturated heterocycles. The first-order valence-corrected chi connectivity index (χ1v) is 19.0. The Kier molecular flexibility index (Phi) is 11.9. The van der Waals surface area contributed by atoms with Crippen LogP contribution in [0.5, 0.6) is 11.5 Å². The summed E-state index contributed by atoms with van der Waals surface area (Å²) in [5, 5.41) is 23.1. The van der Waals surface area contributed by atoms with Crippen LogP contribution in [0, 0.1) is 19.8 Å². The van der Waals surface area contributed by atoms with Gasteiger partial charge in [-0.15, -0.1) is 0 Å². The molecule has 7 rings (SSSR count). The van der Waals surface area contributed by atoms with E-state index in [-0.39, 0.29) is 31.1 Å². The van der Waals surface area contributed by atoms with Gasteiger partial charge in [0.1, 0.15) is 35.7 Å². The lowest BCUT2D eigenvalue weighted by Gasteiger charge is -2.37. The summed E-state index contributed by atoms with van der Waals surface area (Å²) in [4.78, 5) is 54.5. The third-order valence-corrected chi connectivity index (χ3v) is 11.0. The highest BCUT2D eigenvalue weighted by molar-refractivity contribution is 5.49. The lowest BCUT2D eigenvalue weighted by Crippen LogP contribution is -2.41. The standard InChI is InChI=1S/C42H47N5O11/c1-25-22-45(40(51)43-37(25)49)35-20-27(18-19-47(53)39-33(48)21-36(58-39)46-23-26(2)38(50)44-41(46)52)34(57-35)24-56-42(28-8-6-5-7-9-28,29-10-14-31(54-3)15-11-29)30-12-16-32(55-4)17-13-30/h5-17,22-23,27,33-36,39,48,53H,18-21,24H2,1-4H3,(H,43,49,51)(H,44,50,52)/t27-,33?,34+,35+,36?,39?/m0/s1. The maximum absolute atomic E-state index is 13.1. The van der Waals surface area contributed by atoms with E-state index >= 15 is 0 Å². The number of hydrogen-bond acceptors (Lipinski definition) is 12. The molecular weight excluding hydrogens is 750 g/mol. The van der Waals surface area contributed by atoms with Crippen molar-refractivity contribution in [2.24, 2.45) is 5.92 Å². The molecule has 2 fully saturated rings. The third kappa shape index (κ3) is 8.07. The molecule has 4 N–H and O–H groups in total. The van der Waals surface area contributed by atoms with E-state index in [2.05, 4.69) is 9.97 Å². The second-order valence-corrected chi connectivity index (χ2v) is 14.6. The molecule has 0 aliphatic carbocycles.